The Morgan fingerprint density at radius 2 is 0.688 bits per heavy atom. The van der Waals surface area contributed by atoms with E-state index in [9.17, 15) is 0 Å². The summed E-state index contributed by atoms with van der Waals surface area (Å²) in [4.78, 5) is 0. The molecule has 10 rings (SSSR count). The Hall–Kier alpha value is -1.70. The molecule has 0 amide bonds. The van der Waals surface area contributed by atoms with E-state index in [1.54, 1.807) is 0 Å². The molecule has 166 valence electrons. The van der Waals surface area contributed by atoms with Gasteiger partial charge in [0.25, 0.3) is 0 Å². The molecular formula is C30H38N2+2. The smallest absolute Gasteiger partial charge is 0.169 e. The first-order valence-electron chi connectivity index (χ1n) is 13.7. The number of pyridine rings is 2. The van der Waals surface area contributed by atoms with Crippen LogP contribution in [0.4, 0.5) is 0 Å². The topological polar surface area (TPSA) is 7.76 Å². The van der Waals surface area contributed by atoms with Crippen molar-refractivity contribution >= 4 is 0 Å². The number of hydrogen-bond acceptors (Lipinski definition) is 0. The van der Waals surface area contributed by atoms with Gasteiger partial charge in [-0.3, -0.25) is 0 Å². The first-order valence-corrected chi connectivity index (χ1v) is 13.7. The Morgan fingerprint density at radius 1 is 0.438 bits per heavy atom. The molecule has 8 aliphatic rings. The van der Waals surface area contributed by atoms with Crippen molar-refractivity contribution in [2.75, 3.05) is 0 Å². The van der Waals surface area contributed by atoms with E-state index in [-0.39, 0.29) is 0 Å². The molecule has 32 heavy (non-hydrogen) atoms. The van der Waals surface area contributed by atoms with Crippen LogP contribution < -0.4 is 9.13 Å². The summed E-state index contributed by atoms with van der Waals surface area (Å²) in [5, 5.41) is 0. The third kappa shape index (κ3) is 2.71. The van der Waals surface area contributed by atoms with Crippen LogP contribution in [0.5, 0.6) is 0 Å². The van der Waals surface area contributed by atoms with Gasteiger partial charge in [-0.05, 0) is 85.2 Å². The largest absolute Gasteiger partial charge is 0.200 e. The second kappa shape index (κ2) is 6.45. The van der Waals surface area contributed by atoms with Gasteiger partial charge in [-0.25, -0.2) is 0 Å². The third-order valence-electron chi connectivity index (χ3n) is 11.1. The minimum atomic E-state index is 0.436. The molecule has 8 aliphatic carbocycles. The molecule has 0 saturated heterocycles. The van der Waals surface area contributed by atoms with Gasteiger partial charge < -0.3 is 0 Å². The molecule has 2 nitrogen and oxygen atoms in total. The summed E-state index contributed by atoms with van der Waals surface area (Å²) in [5.74, 6) is 6.01. The van der Waals surface area contributed by atoms with Crippen LogP contribution >= 0.6 is 0 Å². The summed E-state index contributed by atoms with van der Waals surface area (Å²) in [6.07, 6.45) is 27.4. The van der Waals surface area contributed by atoms with Crippen molar-refractivity contribution in [1.29, 1.82) is 0 Å². The minimum Gasteiger partial charge on any atom is -0.200 e. The average molecular weight is 427 g/mol. The Labute approximate surface area is 193 Å². The monoisotopic (exact) mass is 426 g/mol. The van der Waals surface area contributed by atoms with Crippen LogP contribution in [-0.4, -0.2) is 0 Å². The Bertz CT molecular complexity index is 877. The maximum atomic E-state index is 2.62. The van der Waals surface area contributed by atoms with E-state index in [2.05, 4.69) is 58.2 Å². The summed E-state index contributed by atoms with van der Waals surface area (Å²) in [6.45, 7) is 0. The second-order valence-electron chi connectivity index (χ2n) is 13.3. The van der Waals surface area contributed by atoms with E-state index in [0.717, 1.165) is 35.5 Å². The first kappa shape index (κ1) is 18.7. The summed E-state index contributed by atoms with van der Waals surface area (Å²) in [5.41, 5.74) is 3.63. The van der Waals surface area contributed by atoms with Crippen molar-refractivity contribution in [1.82, 2.24) is 0 Å². The van der Waals surface area contributed by atoms with E-state index in [0.29, 0.717) is 11.1 Å². The lowest BCUT2D eigenvalue weighted by Crippen LogP contribution is -2.64. The highest BCUT2D eigenvalue weighted by Gasteiger charge is 2.57. The number of hydrogen-bond donors (Lipinski definition) is 0. The van der Waals surface area contributed by atoms with E-state index in [1.165, 1.54) is 88.2 Å². The molecule has 2 heteroatoms. The quantitative estimate of drug-likeness (QED) is 0.550. The van der Waals surface area contributed by atoms with Crippen LogP contribution in [-0.2, 0) is 11.1 Å². The molecule has 2 aromatic rings. The lowest BCUT2D eigenvalue weighted by molar-refractivity contribution is -0.777. The fourth-order valence-corrected chi connectivity index (χ4v) is 10.6. The number of nitrogens with zero attached hydrogens (tertiary/aromatic N) is 2. The van der Waals surface area contributed by atoms with Crippen LogP contribution in [0.25, 0.3) is 11.1 Å². The van der Waals surface area contributed by atoms with Gasteiger partial charge in [-0.15, -0.1) is 0 Å². The molecule has 8 saturated carbocycles. The van der Waals surface area contributed by atoms with Crippen LogP contribution in [0, 0.1) is 35.5 Å². The van der Waals surface area contributed by atoms with Gasteiger partial charge in [0, 0.05) is 62.8 Å². The van der Waals surface area contributed by atoms with Gasteiger partial charge in [0.2, 0.25) is 0 Å². The molecule has 0 spiro atoms. The van der Waals surface area contributed by atoms with Gasteiger partial charge in [-0.2, -0.15) is 9.13 Å². The Kier molecular flexibility index (Phi) is 3.77. The van der Waals surface area contributed by atoms with Crippen molar-refractivity contribution in [2.45, 2.75) is 88.1 Å². The summed E-state index contributed by atoms with van der Waals surface area (Å²) in [7, 11) is 0. The maximum Gasteiger partial charge on any atom is 0.169 e. The third-order valence-corrected chi connectivity index (χ3v) is 11.1. The molecule has 8 fully saturated rings. The van der Waals surface area contributed by atoms with Gasteiger partial charge in [0.15, 0.2) is 35.9 Å². The van der Waals surface area contributed by atoms with Crippen molar-refractivity contribution < 1.29 is 9.13 Å². The van der Waals surface area contributed by atoms with Gasteiger partial charge >= 0.3 is 0 Å². The zero-order valence-electron chi connectivity index (χ0n) is 19.5. The van der Waals surface area contributed by atoms with Crippen LogP contribution in [0.1, 0.15) is 77.0 Å². The molecule has 2 aromatic heterocycles. The lowest BCUT2D eigenvalue weighted by Gasteiger charge is -2.53. The van der Waals surface area contributed by atoms with Gasteiger partial charge in [0.05, 0.1) is 0 Å². The molecular weight excluding hydrogens is 388 g/mol. The molecule has 0 aliphatic heterocycles. The molecule has 2 heterocycles. The number of aromatic nitrogens is 2. The molecule has 0 unspecified atom stereocenters. The molecule has 0 aromatic carbocycles. The summed E-state index contributed by atoms with van der Waals surface area (Å²) in [6, 6.07) is 9.57. The van der Waals surface area contributed by atoms with Crippen LogP contribution in [0.15, 0.2) is 49.1 Å². The minimum absolute atomic E-state index is 0.436. The van der Waals surface area contributed by atoms with E-state index < -0.39 is 0 Å². The molecule has 0 radical (unpaired) electrons. The highest BCUT2D eigenvalue weighted by molar-refractivity contribution is 5.61. The zero-order chi connectivity index (χ0) is 20.9. The zero-order valence-corrected chi connectivity index (χ0v) is 19.5. The fourth-order valence-electron chi connectivity index (χ4n) is 10.6. The Balaban J connectivity index is 1.06. The van der Waals surface area contributed by atoms with Crippen LogP contribution in [0.2, 0.25) is 0 Å². The van der Waals surface area contributed by atoms with Crippen molar-refractivity contribution in [3.8, 4) is 11.1 Å². The van der Waals surface area contributed by atoms with Crippen LogP contribution in [0.3, 0.4) is 0 Å². The average Bonchev–Trinajstić information content (AvgIpc) is 2.78. The molecule has 0 N–H and O–H groups in total. The first-order chi connectivity index (χ1) is 15.6. The second-order valence-corrected chi connectivity index (χ2v) is 13.3. The predicted octanol–water partition coefficient (Wildman–Crippen LogP) is 5.78. The fraction of sp³-hybridized carbons (Fsp3) is 0.667. The normalized spacial score (nSPS) is 45.5. The van der Waals surface area contributed by atoms with E-state index in [1.807, 2.05) is 0 Å². The standard InChI is InChI=1S/C30H38N2/c1-5-31(29-15-21-9-22(16-29)11-23(10-21)17-29)6-2-27(1)28-3-7-32(8-4-28)30-18-24-12-25(19-30)14-26(13-24)20-30/h1-8,21-26H,9-20H2/q+2. The summed E-state index contributed by atoms with van der Waals surface area (Å²) >= 11 is 0. The Morgan fingerprint density at radius 3 is 0.938 bits per heavy atom. The summed E-state index contributed by atoms with van der Waals surface area (Å²) < 4.78 is 5.25. The van der Waals surface area contributed by atoms with Crippen molar-refractivity contribution in [3.05, 3.63) is 49.1 Å². The molecule has 0 atom stereocenters. The highest BCUT2D eigenvalue weighted by Crippen LogP contribution is 2.58. The predicted molar refractivity (Wildman–Crippen MR) is 125 cm³/mol. The molecule has 8 bridgehead atoms. The van der Waals surface area contributed by atoms with E-state index >= 15 is 0 Å². The highest BCUT2D eigenvalue weighted by atomic mass is 15.1. The van der Waals surface area contributed by atoms with Crippen molar-refractivity contribution in [3.63, 3.8) is 0 Å². The maximum absolute atomic E-state index is 2.62. The SMILES string of the molecule is c1c[n+](C23CC4CC(CC(C4)C2)C3)ccc1-c1cc[n+](C23CC4CC(CC(C4)C2)C3)cc1. The number of rotatable bonds is 3. The lowest BCUT2D eigenvalue weighted by atomic mass is 9.53. The van der Waals surface area contributed by atoms with E-state index in [4.69, 9.17) is 0 Å². The van der Waals surface area contributed by atoms with Gasteiger partial charge in [0.1, 0.15) is 0 Å². The van der Waals surface area contributed by atoms with Gasteiger partial charge in [-0.1, -0.05) is 0 Å². The van der Waals surface area contributed by atoms with Crippen molar-refractivity contribution in [2.24, 2.45) is 35.5 Å².